The van der Waals surface area contributed by atoms with Gasteiger partial charge in [-0.25, -0.2) is 0 Å². The minimum atomic E-state index is -2.61. The summed E-state index contributed by atoms with van der Waals surface area (Å²) < 4.78 is 53.6. The molecular formula is C33H23NO. The number of furan rings is 1. The van der Waals surface area contributed by atoms with E-state index < -0.39 is 13.7 Å². The molecule has 0 bridgehead atoms. The van der Waals surface area contributed by atoms with Crippen molar-refractivity contribution in [3.63, 3.8) is 0 Å². The predicted octanol–water partition coefficient (Wildman–Crippen LogP) is 9.24. The molecule has 166 valence electrons. The van der Waals surface area contributed by atoms with E-state index in [9.17, 15) is 0 Å². The van der Waals surface area contributed by atoms with Crippen molar-refractivity contribution in [3.05, 3.63) is 114 Å². The van der Waals surface area contributed by atoms with E-state index in [1.54, 1.807) is 0 Å². The highest BCUT2D eigenvalue weighted by Gasteiger charge is 2.15. The third kappa shape index (κ3) is 3.14. The van der Waals surface area contributed by atoms with E-state index in [-0.39, 0.29) is 11.1 Å². The summed E-state index contributed by atoms with van der Waals surface area (Å²) in [6.07, 6.45) is 1.15. The van der Waals surface area contributed by atoms with E-state index in [1.165, 1.54) is 6.07 Å². The molecule has 2 aromatic heterocycles. The molecule has 0 aliphatic rings. The van der Waals surface area contributed by atoms with Crippen LogP contribution in [-0.4, -0.2) is 4.98 Å². The van der Waals surface area contributed by atoms with Crippen LogP contribution in [0.1, 0.15) is 19.4 Å². The van der Waals surface area contributed by atoms with Crippen LogP contribution in [0.5, 0.6) is 0 Å². The lowest BCUT2D eigenvalue weighted by molar-refractivity contribution is 0.670. The molecule has 0 saturated carbocycles. The summed E-state index contributed by atoms with van der Waals surface area (Å²) in [4.78, 5) is 4.37. The lowest BCUT2D eigenvalue weighted by Gasteiger charge is -2.07. The van der Waals surface area contributed by atoms with Gasteiger partial charge in [0, 0.05) is 30.8 Å². The first kappa shape index (κ1) is 14.7. The van der Waals surface area contributed by atoms with Crippen LogP contribution >= 0.6 is 0 Å². The molecule has 5 aromatic carbocycles. The van der Waals surface area contributed by atoms with Crippen LogP contribution in [0.3, 0.4) is 0 Å². The van der Waals surface area contributed by atoms with Gasteiger partial charge in [-0.05, 0) is 87.8 Å². The third-order valence-electron chi connectivity index (χ3n) is 6.74. The summed E-state index contributed by atoms with van der Waals surface area (Å²) in [7, 11) is 0. The molecule has 2 nitrogen and oxygen atoms in total. The van der Waals surface area contributed by atoms with Gasteiger partial charge < -0.3 is 4.42 Å². The number of nitrogens with zero attached hydrogens (tertiary/aromatic N) is 1. The first-order valence-electron chi connectivity index (χ1n) is 14.5. The Morgan fingerprint density at radius 1 is 0.629 bits per heavy atom. The van der Waals surface area contributed by atoms with Gasteiger partial charge in [-0.1, -0.05) is 66.7 Å². The van der Waals surface area contributed by atoms with Crippen LogP contribution < -0.4 is 0 Å². The van der Waals surface area contributed by atoms with Crippen molar-refractivity contribution in [2.75, 3.05) is 0 Å². The smallest absolute Gasteiger partial charge is 0.144 e. The molecule has 0 spiro atoms. The van der Waals surface area contributed by atoms with E-state index in [0.29, 0.717) is 22.4 Å². The third-order valence-corrected chi connectivity index (χ3v) is 6.74. The second-order valence-electron chi connectivity index (χ2n) is 8.84. The number of aryl methyl sites for hydroxylation is 2. The van der Waals surface area contributed by atoms with Gasteiger partial charge >= 0.3 is 0 Å². The monoisotopic (exact) mass is 455 g/mol. The van der Waals surface area contributed by atoms with Crippen molar-refractivity contribution >= 4 is 43.5 Å². The molecule has 7 rings (SSSR count). The number of hydrogen-bond acceptors (Lipinski definition) is 2. The van der Waals surface area contributed by atoms with E-state index in [4.69, 9.17) is 12.6 Å². The summed E-state index contributed by atoms with van der Waals surface area (Å²) in [6, 6.07) is 32.2. The SMILES string of the molecule is [2H]C([2H])([2H])c1cnc(-c2cccc3c2oc2cc4c(ccc5cc(-c6ccccc6)ccc54)cc23)cc1C([2H])([2H])[2H]. The number of para-hydroxylation sites is 1. The van der Waals surface area contributed by atoms with Crippen molar-refractivity contribution in [1.82, 2.24) is 4.98 Å². The lowest BCUT2D eigenvalue weighted by atomic mass is 9.96. The van der Waals surface area contributed by atoms with Crippen LogP contribution in [0.4, 0.5) is 0 Å². The van der Waals surface area contributed by atoms with Crippen molar-refractivity contribution < 1.29 is 12.6 Å². The number of benzene rings is 5. The van der Waals surface area contributed by atoms with Gasteiger partial charge in [-0.2, -0.15) is 0 Å². The molecule has 0 aliphatic carbocycles. The Morgan fingerprint density at radius 3 is 2.34 bits per heavy atom. The zero-order chi connectivity index (χ0) is 28.5. The minimum absolute atomic E-state index is 0.234. The minimum Gasteiger partial charge on any atom is -0.455 e. The molecule has 2 heteroatoms. The van der Waals surface area contributed by atoms with Crippen LogP contribution in [0, 0.1) is 13.7 Å². The number of hydrogen-bond donors (Lipinski definition) is 0. The number of rotatable bonds is 2. The van der Waals surface area contributed by atoms with Gasteiger partial charge in [-0.3, -0.25) is 4.98 Å². The fraction of sp³-hybridized carbons (Fsp3) is 0.0606. The number of fused-ring (bicyclic) bond motifs is 6. The molecule has 2 heterocycles. The molecule has 0 radical (unpaired) electrons. The topological polar surface area (TPSA) is 26.0 Å². The summed E-state index contributed by atoms with van der Waals surface area (Å²) >= 11 is 0. The summed E-state index contributed by atoms with van der Waals surface area (Å²) in [6.45, 7) is -5.20. The molecule has 0 unspecified atom stereocenters. The van der Waals surface area contributed by atoms with Crippen molar-refractivity contribution in [2.45, 2.75) is 13.7 Å². The zero-order valence-corrected chi connectivity index (χ0v) is 18.7. The molecular weight excluding hydrogens is 426 g/mol. The lowest BCUT2D eigenvalue weighted by Crippen LogP contribution is -1.88. The Bertz CT molecular complexity index is 2120. The standard InChI is InChI=1S/C33H23NO/c1-20-15-31(34-19-21(20)2)28-10-6-9-27-30-17-25-12-11-24-16-23(22-7-4-3-5-8-22)13-14-26(24)29(25)18-32(30)35-33(27)28/h3-19H,1-2H3/i1D3,2D3. The Labute approximate surface area is 211 Å². The highest BCUT2D eigenvalue weighted by atomic mass is 16.3. The Kier molecular flexibility index (Phi) is 3.18. The van der Waals surface area contributed by atoms with Crippen LogP contribution in [0.25, 0.3) is 65.9 Å². The number of pyridine rings is 1. The van der Waals surface area contributed by atoms with Crippen LogP contribution in [0.15, 0.2) is 108 Å². The van der Waals surface area contributed by atoms with Gasteiger partial charge in [0.1, 0.15) is 11.2 Å². The molecule has 0 N–H and O–H groups in total. The van der Waals surface area contributed by atoms with Gasteiger partial charge in [-0.15, -0.1) is 0 Å². The molecule has 0 saturated heterocycles. The van der Waals surface area contributed by atoms with Crippen molar-refractivity contribution in [2.24, 2.45) is 0 Å². The normalized spacial score (nSPS) is 15.0. The predicted molar refractivity (Wildman–Crippen MR) is 147 cm³/mol. The van der Waals surface area contributed by atoms with Gasteiger partial charge in [0.2, 0.25) is 0 Å². The molecule has 7 aromatic rings. The van der Waals surface area contributed by atoms with Gasteiger partial charge in [0.25, 0.3) is 0 Å². The van der Waals surface area contributed by atoms with E-state index in [0.717, 1.165) is 49.6 Å². The second kappa shape index (κ2) is 7.54. The Balaban J connectivity index is 1.42. The Hall–Kier alpha value is -4.43. The van der Waals surface area contributed by atoms with Crippen molar-refractivity contribution in [1.29, 1.82) is 0 Å². The second-order valence-corrected chi connectivity index (χ2v) is 8.84. The maximum Gasteiger partial charge on any atom is 0.144 e. The maximum atomic E-state index is 7.95. The molecule has 0 atom stereocenters. The molecule has 0 amide bonds. The highest BCUT2D eigenvalue weighted by Crippen LogP contribution is 2.39. The molecule has 0 aliphatic heterocycles. The molecule has 0 fully saturated rings. The van der Waals surface area contributed by atoms with Crippen LogP contribution in [-0.2, 0) is 0 Å². The fourth-order valence-electron chi connectivity index (χ4n) is 4.97. The molecule has 35 heavy (non-hydrogen) atoms. The Morgan fingerprint density at radius 2 is 1.49 bits per heavy atom. The quantitative estimate of drug-likeness (QED) is 0.243. The fourth-order valence-corrected chi connectivity index (χ4v) is 4.97. The largest absolute Gasteiger partial charge is 0.455 e. The summed E-state index contributed by atoms with van der Waals surface area (Å²) in [5.41, 5.74) is 4.03. The maximum absolute atomic E-state index is 7.95. The average molecular weight is 456 g/mol. The average Bonchev–Trinajstić information content (AvgIpc) is 3.32. The highest BCUT2D eigenvalue weighted by molar-refractivity contribution is 6.17. The van der Waals surface area contributed by atoms with E-state index in [1.807, 2.05) is 36.4 Å². The van der Waals surface area contributed by atoms with Crippen molar-refractivity contribution in [3.8, 4) is 22.4 Å². The zero-order valence-electron chi connectivity index (χ0n) is 24.7. The first-order valence-corrected chi connectivity index (χ1v) is 11.5. The first-order chi connectivity index (χ1) is 19.6. The van der Waals surface area contributed by atoms with Crippen LogP contribution in [0.2, 0.25) is 0 Å². The van der Waals surface area contributed by atoms with E-state index in [2.05, 4.69) is 59.6 Å². The van der Waals surface area contributed by atoms with Gasteiger partial charge in [0.15, 0.2) is 0 Å². The summed E-state index contributed by atoms with van der Waals surface area (Å²) in [5, 5.41) is 6.20. The van der Waals surface area contributed by atoms with Gasteiger partial charge in [0.05, 0.1) is 5.69 Å². The van der Waals surface area contributed by atoms with E-state index >= 15 is 0 Å². The number of aromatic nitrogens is 1. The summed E-state index contributed by atoms with van der Waals surface area (Å²) in [5.74, 6) is 0.